The average Bonchev–Trinajstić information content (AvgIpc) is 2.60. The molecule has 0 aliphatic carbocycles. The fourth-order valence-corrected chi connectivity index (χ4v) is 3.10. The van der Waals surface area contributed by atoms with E-state index in [1.165, 1.54) is 5.56 Å². The number of phenolic OH excluding ortho intramolecular Hbond substituents is 1. The molecule has 3 aromatic rings. The van der Waals surface area contributed by atoms with E-state index < -0.39 is 0 Å². The molecule has 0 unspecified atom stereocenters. The zero-order valence-electron chi connectivity index (χ0n) is 17.3. The molecule has 3 rings (SSSR count). The van der Waals surface area contributed by atoms with Crippen molar-refractivity contribution in [1.29, 1.82) is 0 Å². The minimum Gasteiger partial charge on any atom is -0.872 e. The predicted molar refractivity (Wildman–Crippen MR) is 112 cm³/mol. The van der Waals surface area contributed by atoms with E-state index in [0.29, 0.717) is 23.3 Å². The van der Waals surface area contributed by atoms with Crippen LogP contribution in [-0.2, 0) is 6.42 Å². The number of hydrogen-bond donors (Lipinski definition) is 1. The number of hydrogen-bond acceptors (Lipinski definition) is 3. The topological polar surface area (TPSA) is 66.3 Å². The molecule has 0 amide bonds. The van der Waals surface area contributed by atoms with Crippen LogP contribution in [0.5, 0.6) is 17.2 Å². The molecule has 142 valence electrons. The van der Waals surface area contributed by atoms with Gasteiger partial charge in [0.2, 0.25) is 0 Å². The smallest absolute Gasteiger partial charge is 0.872 e. The third-order valence-corrected chi connectivity index (χ3v) is 4.41. The fourth-order valence-electron chi connectivity index (χ4n) is 3.10. The summed E-state index contributed by atoms with van der Waals surface area (Å²) in [7, 11) is 0. The summed E-state index contributed by atoms with van der Waals surface area (Å²) < 4.78 is 0. The molecule has 0 aliphatic rings. The van der Waals surface area contributed by atoms with Crippen molar-refractivity contribution in [3.05, 3.63) is 87.5 Å². The Morgan fingerprint density at radius 2 is 1.04 bits per heavy atom. The quantitative estimate of drug-likeness (QED) is 0.660. The molecule has 0 bridgehead atoms. The number of aryl methyl sites for hydroxylation is 5. The summed E-state index contributed by atoms with van der Waals surface area (Å²) in [5.41, 5.74) is 6.19. The Labute approximate surface area is 197 Å². The Bertz CT molecular complexity index is 855. The van der Waals surface area contributed by atoms with E-state index in [1.807, 2.05) is 71.0 Å². The summed E-state index contributed by atoms with van der Waals surface area (Å²) >= 11 is 0. The monoisotopic (exact) mass is 402 g/mol. The first kappa shape index (κ1) is 24.4. The molecular formula is C24H26CaO3. The van der Waals surface area contributed by atoms with Gasteiger partial charge >= 0.3 is 37.7 Å². The van der Waals surface area contributed by atoms with Gasteiger partial charge in [0.1, 0.15) is 5.75 Å². The molecule has 0 atom stereocenters. The Balaban J connectivity index is 0.000000367. The van der Waals surface area contributed by atoms with Crippen LogP contribution < -0.4 is 10.2 Å². The molecule has 0 heterocycles. The van der Waals surface area contributed by atoms with E-state index in [-0.39, 0.29) is 49.2 Å². The van der Waals surface area contributed by atoms with Crippen molar-refractivity contribution in [3.63, 3.8) is 0 Å². The zero-order valence-corrected chi connectivity index (χ0v) is 19.5. The second-order valence-corrected chi connectivity index (χ2v) is 7.15. The van der Waals surface area contributed by atoms with Gasteiger partial charge in [0.25, 0.3) is 0 Å². The van der Waals surface area contributed by atoms with E-state index in [4.69, 9.17) is 5.11 Å². The molecule has 0 saturated carbocycles. The second-order valence-electron chi connectivity index (χ2n) is 7.15. The van der Waals surface area contributed by atoms with Crippen LogP contribution in [0.15, 0.2) is 48.5 Å². The van der Waals surface area contributed by atoms with Crippen molar-refractivity contribution in [3.8, 4) is 17.2 Å². The van der Waals surface area contributed by atoms with Gasteiger partial charge in [-0.15, -0.1) is 11.5 Å². The summed E-state index contributed by atoms with van der Waals surface area (Å²) in [6.45, 7) is 9.56. The second kappa shape index (κ2) is 10.8. The first-order valence-corrected chi connectivity index (χ1v) is 8.97. The van der Waals surface area contributed by atoms with Gasteiger partial charge in [0.05, 0.1) is 0 Å². The summed E-state index contributed by atoms with van der Waals surface area (Å²) in [6.07, 6.45) is 0.419. The van der Waals surface area contributed by atoms with Crippen LogP contribution in [0.1, 0.15) is 38.9 Å². The van der Waals surface area contributed by atoms with Gasteiger partial charge in [-0.25, -0.2) is 0 Å². The van der Waals surface area contributed by atoms with E-state index in [0.717, 1.165) is 22.3 Å². The maximum atomic E-state index is 12.1. The maximum absolute atomic E-state index is 12.1. The van der Waals surface area contributed by atoms with Crippen LogP contribution in [0.25, 0.3) is 0 Å². The number of benzene rings is 3. The summed E-state index contributed by atoms with van der Waals surface area (Å²) in [6, 6.07) is 14.6. The van der Waals surface area contributed by atoms with Crippen molar-refractivity contribution in [2.75, 3.05) is 0 Å². The van der Waals surface area contributed by atoms with Gasteiger partial charge in [0, 0.05) is 0 Å². The SMILES string of the molecule is Cc1cc(C)c([O-])c(Cc2cc(C)cc(C)c2[O-])c1.Cc1ccc(O)cc1.[Ca+2]. The van der Waals surface area contributed by atoms with E-state index >= 15 is 0 Å². The predicted octanol–water partition coefficient (Wildman–Crippen LogP) is 3.98. The first-order chi connectivity index (χ1) is 12.7. The molecule has 0 radical (unpaired) electrons. The number of rotatable bonds is 2. The number of aromatic hydroxyl groups is 1. The normalized spacial score (nSPS) is 9.89. The van der Waals surface area contributed by atoms with Gasteiger partial charge in [-0.1, -0.05) is 75.3 Å². The molecule has 3 nitrogen and oxygen atoms in total. The third kappa shape index (κ3) is 6.73. The van der Waals surface area contributed by atoms with Crippen molar-refractivity contribution < 1.29 is 15.3 Å². The van der Waals surface area contributed by atoms with Crippen LogP contribution in [-0.4, -0.2) is 42.8 Å². The summed E-state index contributed by atoms with van der Waals surface area (Å²) in [4.78, 5) is 0. The van der Waals surface area contributed by atoms with Crippen LogP contribution in [0.4, 0.5) is 0 Å². The van der Waals surface area contributed by atoms with Crippen molar-refractivity contribution in [1.82, 2.24) is 0 Å². The Morgan fingerprint density at radius 3 is 1.39 bits per heavy atom. The Morgan fingerprint density at radius 1 is 0.643 bits per heavy atom. The summed E-state index contributed by atoms with van der Waals surface area (Å²) in [5, 5.41) is 33.0. The van der Waals surface area contributed by atoms with Crippen LogP contribution in [0, 0.1) is 34.6 Å². The van der Waals surface area contributed by atoms with Gasteiger partial charge in [-0.3, -0.25) is 0 Å². The van der Waals surface area contributed by atoms with Crippen LogP contribution in [0.2, 0.25) is 0 Å². The van der Waals surface area contributed by atoms with Crippen LogP contribution in [0.3, 0.4) is 0 Å². The fraction of sp³-hybridized carbons (Fsp3) is 0.250. The van der Waals surface area contributed by atoms with Crippen molar-refractivity contribution in [2.24, 2.45) is 0 Å². The van der Waals surface area contributed by atoms with E-state index in [1.54, 1.807) is 12.1 Å². The third-order valence-electron chi connectivity index (χ3n) is 4.41. The first-order valence-electron chi connectivity index (χ1n) is 8.97. The zero-order chi connectivity index (χ0) is 20.1. The molecule has 0 aromatic heterocycles. The molecule has 0 spiro atoms. The van der Waals surface area contributed by atoms with Crippen molar-refractivity contribution in [2.45, 2.75) is 41.0 Å². The number of phenols is 1. The summed E-state index contributed by atoms with van der Waals surface area (Å²) in [5.74, 6) is 0.420. The van der Waals surface area contributed by atoms with Gasteiger partial charge in [-0.2, -0.15) is 0 Å². The molecule has 0 saturated heterocycles. The molecule has 0 aliphatic heterocycles. The molecule has 28 heavy (non-hydrogen) atoms. The molecule has 3 aromatic carbocycles. The molecular weight excluding hydrogens is 376 g/mol. The molecule has 4 heteroatoms. The Hall–Kier alpha value is -1.68. The standard InChI is InChI=1S/C17H20O2.C7H8O.Ca/c1-10-5-12(3)16(18)14(7-10)9-15-8-11(2)6-13(4)17(15)19;1-6-2-4-7(8)5-3-6;/h5-8,18-19H,9H2,1-4H3;2-5,8H,1H3;/q;;+2/p-2. The minimum absolute atomic E-state index is 0. The molecule has 0 fully saturated rings. The van der Waals surface area contributed by atoms with Crippen molar-refractivity contribution >= 4 is 37.7 Å². The largest absolute Gasteiger partial charge is 2.00 e. The Kier molecular flexibility index (Phi) is 9.35. The average molecular weight is 403 g/mol. The molecule has 1 N–H and O–H groups in total. The van der Waals surface area contributed by atoms with Gasteiger partial charge in [0.15, 0.2) is 0 Å². The van der Waals surface area contributed by atoms with E-state index in [9.17, 15) is 10.2 Å². The van der Waals surface area contributed by atoms with Gasteiger partial charge < -0.3 is 15.3 Å². The maximum Gasteiger partial charge on any atom is 2.00 e. The minimum atomic E-state index is 0. The van der Waals surface area contributed by atoms with Crippen LogP contribution >= 0.6 is 0 Å². The van der Waals surface area contributed by atoms with Gasteiger partial charge in [-0.05, 0) is 53.2 Å². The van der Waals surface area contributed by atoms with E-state index in [2.05, 4.69) is 0 Å².